The maximum Gasteiger partial charge on any atom is 0.258 e. The van der Waals surface area contributed by atoms with Crippen LogP contribution >= 0.6 is 0 Å². The molecular formula is C21H17N2O3-. The molecule has 0 radical (unpaired) electrons. The number of para-hydroxylation sites is 1. The van der Waals surface area contributed by atoms with Gasteiger partial charge in [0.15, 0.2) is 0 Å². The van der Waals surface area contributed by atoms with Crippen LogP contribution in [0.15, 0.2) is 60.7 Å². The Kier molecular flexibility index (Phi) is 4.59. The molecule has 1 heterocycles. The summed E-state index contributed by atoms with van der Waals surface area (Å²) < 4.78 is 0. The summed E-state index contributed by atoms with van der Waals surface area (Å²) in [7, 11) is 0. The lowest BCUT2D eigenvalue weighted by Crippen LogP contribution is -2.57. The van der Waals surface area contributed by atoms with E-state index < -0.39 is 17.4 Å². The highest BCUT2D eigenvalue weighted by atomic mass is 16.4. The van der Waals surface area contributed by atoms with E-state index in [0.717, 1.165) is 5.56 Å². The van der Waals surface area contributed by atoms with E-state index in [4.69, 9.17) is 0 Å². The zero-order valence-electron chi connectivity index (χ0n) is 14.3. The summed E-state index contributed by atoms with van der Waals surface area (Å²) in [5.74, 6) is -1.84. The Morgan fingerprint density at radius 2 is 1.81 bits per heavy atom. The first-order valence-electron chi connectivity index (χ1n) is 8.33. The number of carbonyl (C=O) groups is 2. The van der Waals surface area contributed by atoms with Crippen molar-refractivity contribution >= 4 is 23.6 Å². The number of rotatable bonds is 4. The summed E-state index contributed by atoms with van der Waals surface area (Å²) in [4.78, 5) is 26.5. The van der Waals surface area contributed by atoms with Crippen LogP contribution in [-0.4, -0.2) is 17.9 Å². The smallest absolute Gasteiger partial charge is 0.258 e. The summed E-state index contributed by atoms with van der Waals surface area (Å²) in [5, 5.41) is 21.6. The highest BCUT2D eigenvalue weighted by Crippen LogP contribution is 2.39. The monoisotopic (exact) mass is 345 g/mol. The summed E-state index contributed by atoms with van der Waals surface area (Å²) >= 11 is 0. The lowest BCUT2D eigenvalue weighted by Gasteiger charge is -2.43. The zero-order valence-corrected chi connectivity index (χ0v) is 14.3. The fraction of sp³-hybridized carbons (Fsp3) is 0.190. The molecule has 2 aromatic carbocycles. The van der Waals surface area contributed by atoms with Crippen molar-refractivity contribution in [3.63, 3.8) is 0 Å². The van der Waals surface area contributed by atoms with Gasteiger partial charge in [-0.15, -0.1) is 0 Å². The van der Waals surface area contributed by atoms with Crippen LogP contribution in [-0.2, 0) is 4.79 Å². The molecule has 1 amide bonds. The molecule has 0 bridgehead atoms. The van der Waals surface area contributed by atoms with E-state index in [1.165, 1.54) is 4.90 Å². The minimum Gasteiger partial charge on any atom is -0.548 e. The van der Waals surface area contributed by atoms with Crippen LogP contribution in [0.25, 0.3) is 6.08 Å². The number of hydrogen-bond acceptors (Lipinski definition) is 4. The second-order valence-electron chi connectivity index (χ2n) is 6.13. The number of nitrogens with zero attached hydrogens (tertiary/aromatic N) is 2. The van der Waals surface area contributed by atoms with Crippen molar-refractivity contribution in [3.8, 4) is 6.07 Å². The van der Waals surface area contributed by atoms with E-state index in [0.29, 0.717) is 11.3 Å². The lowest BCUT2D eigenvalue weighted by atomic mass is 9.76. The van der Waals surface area contributed by atoms with E-state index in [-0.39, 0.29) is 12.3 Å². The van der Waals surface area contributed by atoms with Gasteiger partial charge in [0.05, 0.1) is 23.8 Å². The number of amides is 1. The molecule has 0 N–H and O–H groups in total. The number of hydrogen-bond donors (Lipinski definition) is 0. The maximum absolute atomic E-state index is 13.2. The number of aliphatic carboxylic acids is 1. The molecule has 0 saturated carbocycles. The van der Waals surface area contributed by atoms with Crippen LogP contribution < -0.4 is 10.0 Å². The average molecular weight is 345 g/mol. The first-order valence-corrected chi connectivity index (χ1v) is 8.33. The SMILES string of the molecule is CCC(C#N)(C(=O)[O-])C1C=Cc2ccccc2N1C(=O)c1ccccc1. The van der Waals surface area contributed by atoms with Crippen LogP contribution in [0.5, 0.6) is 0 Å². The van der Waals surface area contributed by atoms with Gasteiger partial charge in [-0.05, 0) is 30.2 Å². The highest BCUT2D eigenvalue weighted by Gasteiger charge is 2.45. The number of fused-ring (bicyclic) bond motifs is 1. The molecule has 0 aromatic heterocycles. The van der Waals surface area contributed by atoms with Gasteiger partial charge in [0.25, 0.3) is 5.91 Å². The number of carbonyl (C=O) groups excluding carboxylic acids is 2. The Bertz CT molecular complexity index is 914. The quantitative estimate of drug-likeness (QED) is 0.852. The number of carboxylic acids is 1. The summed E-state index contributed by atoms with van der Waals surface area (Å²) in [5.41, 5.74) is -0.0597. The van der Waals surface area contributed by atoms with Gasteiger partial charge < -0.3 is 9.90 Å². The molecule has 2 aromatic rings. The summed E-state index contributed by atoms with van der Waals surface area (Å²) in [6.45, 7) is 1.61. The van der Waals surface area contributed by atoms with Gasteiger partial charge in [-0.25, -0.2) is 0 Å². The fourth-order valence-corrected chi connectivity index (χ4v) is 3.28. The molecule has 0 saturated heterocycles. The van der Waals surface area contributed by atoms with Gasteiger partial charge in [0.1, 0.15) is 5.41 Å². The Morgan fingerprint density at radius 3 is 2.42 bits per heavy atom. The first-order chi connectivity index (χ1) is 12.5. The minimum atomic E-state index is -1.84. The van der Waals surface area contributed by atoms with Crippen molar-refractivity contribution in [2.24, 2.45) is 5.41 Å². The Hall–Kier alpha value is -3.39. The second kappa shape index (κ2) is 6.85. The number of benzene rings is 2. The Labute approximate surface area is 151 Å². The van der Waals surface area contributed by atoms with E-state index in [1.54, 1.807) is 61.5 Å². The summed E-state index contributed by atoms with van der Waals surface area (Å²) in [6, 6.07) is 16.7. The number of nitriles is 1. The predicted molar refractivity (Wildman–Crippen MR) is 95.9 cm³/mol. The third-order valence-electron chi connectivity index (χ3n) is 4.80. The van der Waals surface area contributed by atoms with Crippen molar-refractivity contribution in [3.05, 3.63) is 71.8 Å². The zero-order chi connectivity index (χ0) is 18.7. The molecule has 1 aliphatic rings. The molecule has 0 aliphatic carbocycles. The molecule has 5 heteroatoms. The third kappa shape index (κ3) is 2.66. The first kappa shape index (κ1) is 17.4. The van der Waals surface area contributed by atoms with E-state index in [2.05, 4.69) is 0 Å². The van der Waals surface area contributed by atoms with Crippen LogP contribution in [0.2, 0.25) is 0 Å². The largest absolute Gasteiger partial charge is 0.548 e. The molecule has 130 valence electrons. The highest BCUT2D eigenvalue weighted by molar-refractivity contribution is 6.09. The average Bonchev–Trinajstić information content (AvgIpc) is 2.69. The van der Waals surface area contributed by atoms with E-state index >= 15 is 0 Å². The van der Waals surface area contributed by atoms with Gasteiger partial charge in [0, 0.05) is 5.56 Å². The fourth-order valence-electron chi connectivity index (χ4n) is 3.28. The van der Waals surface area contributed by atoms with Gasteiger partial charge in [-0.3, -0.25) is 9.69 Å². The van der Waals surface area contributed by atoms with Gasteiger partial charge in [-0.1, -0.05) is 55.5 Å². The van der Waals surface area contributed by atoms with Crippen LogP contribution in [0.4, 0.5) is 5.69 Å². The molecule has 1 aliphatic heterocycles. The molecular weight excluding hydrogens is 328 g/mol. The molecule has 5 nitrogen and oxygen atoms in total. The van der Waals surface area contributed by atoms with Crippen molar-refractivity contribution in [1.29, 1.82) is 5.26 Å². The topological polar surface area (TPSA) is 84.2 Å². The second-order valence-corrected chi connectivity index (χ2v) is 6.13. The van der Waals surface area contributed by atoms with Crippen molar-refractivity contribution in [2.45, 2.75) is 19.4 Å². The normalized spacial score (nSPS) is 17.7. The van der Waals surface area contributed by atoms with Crippen molar-refractivity contribution in [2.75, 3.05) is 4.90 Å². The molecule has 26 heavy (non-hydrogen) atoms. The van der Waals surface area contributed by atoms with Crippen LogP contribution in [0.1, 0.15) is 29.3 Å². The standard InChI is InChI=1S/C21H18N2O3/c1-2-21(14-22,20(25)26)18-13-12-15-8-6-7-11-17(15)23(18)19(24)16-9-4-3-5-10-16/h3-13,18H,2H2,1H3,(H,25,26)/p-1. The van der Waals surface area contributed by atoms with Crippen molar-refractivity contribution < 1.29 is 14.7 Å². The van der Waals surface area contributed by atoms with E-state index in [1.807, 2.05) is 18.2 Å². The minimum absolute atomic E-state index is 0.0155. The Morgan fingerprint density at radius 1 is 1.15 bits per heavy atom. The third-order valence-corrected chi connectivity index (χ3v) is 4.80. The molecule has 3 rings (SSSR count). The van der Waals surface area contributed by atoms with E-state index in [9.17, 15) is 20.0 Å². The predicted octanol–water partition coefficient (Wildman–Crippen LogP) is 2.40. The Balaban J connectivity index is 2.20. The number of anilines is 1. The van der Waals surface area contributed by atoms with Gasteiger partial charge in [0.2, 0.25) is 0 Å². The summed E-state index contributed by atoms with van der Waals surface area (Å²) in [6.07, 6.45) is 3.37. The number of carboxylic acid groups (broad SMARTS) is 1. The maximum atomic E-state index is 13.2. The molecule has 0 fully saturated rings. The van der Waals surface area contributed by atoms with Crippen LogP contribution in [0.3, 0.4) is 0 Å². The lowest BCUT2D eigenvalue weighted by molar-refractivity contribution is -0.316. The van der Waals surface area contributed by atoms with Crippen molar-refractivity contribution in [1.82, 2.24) is 0 Å². The molecule has 0 spiro atoms. The molecule has 2 atom stereocenters. The van der Waals surface area contributed by atoms with Gasteiger partial charge in [-0.2, -0.15) is 5.26 Å². The van der Waals surface area contributed by atoms with Gasteiger partial charge >= 0.3 is 0 Å². The van der Waals surface area contributed by atoms with Crippen LogP contribution in [0, 0.1) is 16.7 Å². The molecule has 2 unspecified atom stereocenters.